The minimum Gasteiger partial charge on any atom is -0.384 e. The molecule has 1 aromatic heterocycles. The maximum atomic E-state index is 12.2. The summed E-state index contributed by atoms with van der Waals surface area (Å²) in [4.78, 5) is 16.2. The lowest BCUT2D eigenvalue weighted by Crippen LogP contribution is -2.18. The van der Waals surface area contributed by atoms with Crippen LogP contribution in [-0.2, 0) is 11.2 Å². The first-order valence-corrected chi connectivity index (χ1v) is 7.31. The van der Waals surface area contributed by atoms with E-state index in [0.29, 0.717) is 23.8 Å². The molecule has 0 bridgehead atoms. The van der Waals surface area contributed by atoms with Crippen LogP contribution >= 0.6 is 12.4 Å². The van der Waals surface area contributed by atoms with E-state index in [1.54, 1.807) is 18.3 Å². The van der Waals surface area contributed by atoms with E-state index in [2.05, 4.69) is 34.6 Å². The third-order valence-corrected chi connectivity index (χ3v) is 4.00. The number of fused-ring (bicyclic) bond motifs is 1. The highest BCUT2D eigenvalue weighted by Gasteiger charge is 2.22. The van der Waals surface area contributed by atoms with Gasteiger partial charge in [-0.05, 0) is 48.4 Å². The van der Waals surface area contributed by atoms with Gasteiger partial charge in [0.15, 0.2) is 0 Å². The van der Waals surface area contributed by atoms with Crippen LogP contribution in [0, 0.1) is 0 Å². The highest BCUT2D eigenvalue weighted by Crippen LogP contribution is 2.33. The van der Waals surface area contributed by atoms with Crippen LogP contribution in [0.3, 0.4) is 0 Å². The molecule has 3 N–H and O–H groups in total. The van der Waals surface area contributed by atoms with Crippen LogP contribution in [0.5, 0.6) is 0 Å². The second-order valence-electron chi connectivity index (χ2n) is 5.51. The third kappa shape index (κ3) is 3.77. The number of anilines is 2. The summed E-state index contributed by atoms with van der Waals surface area (Å²) in [6, 6.07) is 11.9. The monoisotopic (exact) mass is 317 g/mol. The Morgan fingerprint density at radius 3 is 2.86 bits per heavy atom. The number of amides is 1. The van der Waals surface area contributed by atoms with E-state index in [1.807, 2.05) is 0 Å². The second-order valence-corrected chi connectivity index (χ2v) is 5.51. The molecule has 116 valence electrons. The van der Waals surface area contributed by atoms with E-state index in [9.17, 15) is 4.79 Å². The molecular weight excluding hydrogens is 298 g/mol. The number of carbonyl (C=O) groups excluding carboxylic acids is 1. The Kier molecular flexibility index (Phi) is 5.39. The number of aromatic nitrogens is 1. The van der Waals surface area contributed by atoms with Crippen molar-refractivity contribution in [1.29, 1.82) is 0 Å². The van der Waals surface area contributed by atoms with Crippen molar-refractivity contribution in [2.75, 3.05) is 11.1 Å². The summed E-state index contributed by atoms with van der Waals surface area (Å²) in [6.45, 7) is 0. The number of rotatable bonds is 3. The molecule has 22 heavy (non-hydrogen) atoms. The van der Waals surface area contributed by atoms with Gasteiger partial charge >= 0.3 is 0 Å². The van der Waals surface area contributed by atoms with Gasteiger partial charge in [-0.2, -0.15) is 0 Å². The van der Waals surface area contributed by atoms with Crippen LogP contribution in [-0.4, -0.2) is 10.9 Å². The van der Waals surface area contributed by atoms with Gasteiger partial charge in [0, 0.05) is 6.42 Å². The summed E-state index contributed by atoms with van der Waals surface area (Å²) in [5, 5.41) is 2.89. The van der Waals surface area contributed by atoms with Crippen molar-refractivity contribution < 1.29 is 4.79 Å². The molecule has 0 radical (unpaired) electrons. The number of aryl methyl sites for hydroxylation is 1. The summed E-state index contributed by atoms with van der Waals surface area (Å²) in [6.07, 6.45) is 5.45. The van der Waals surface area contributed by atoms with Gasteiger partial charge in [0.25, 0.3) is 0 Å². The fourth-order valence-corrected chi connectivity index (χ4v) is 2.98. The summed E-state index contributed by atoms with van der Waals surface area (Å²) in [5.74, 6) is 0.800. The predicted molar refractivity (Wildman–Crippen MR) is 91.3 cm³/mol. The van der Waals surface area contributed by atoms with Crippen molar-refractivity contribution >= 4 is 29.8 Å². The second kappa shape index (κ2) is 7.27. The number of pyridine rings is 1. The first kappa shape index (κ1) is 16.3. The number of halogens is 1. The minimum absolute atomic E-state index is 0. The Balaban J connectivity index is 0.00000176. The first-order valence-electron chi connectivity index (χ1n) is 7.31. The maximum absolute atomic E-state index is 12.2. The molecule has 1 heterocycles. The van der Waals surface area contributed by atoms with Crippen molar-refractivity contribution in [3.05, 3.63) is 53.7 Å². The lowest BCUT2D eigenvalue weighted by molar-refractivity contribution is -0.116. The SMILES string of the molecule is Cl.Nc1ccc(NC(=O)CC2CCCc3ccccc32)cn1. The number of nitrogens with two attached hydrogens (primary N) is 1. The van der Waals surface area contributed by atoms with E-state index in [0.717, 1.165) is 19.3 Å². The lowest BCUT2D eigenvalue weighted by Gasteiger charge is -2.25. The van der Waals surface area contributed by atoms with Crippen molar-refractivity contribution in [2.45, 2.75) is 31.6 Å². The molecule has 1 amide bonds. The molecule has 1 unspecified atom stereocenters. The number of hydrogen-bond acceptors (Lipinski definition) is 3. The van der Waals surface area contributed by atoms with Gasteiger partial charge < -0.3 is 11.1 Å². The minimum atomic E-state index is 0. The zero-order chi connectivity index (χ0) is 14.7. The molecule has 4 nitrogen and oxygen atoms in total. The predicted octanol–water partition coefficient (Wildman–Crippen LogP) is 3.53. The van der Waals surface area contributed by atoms with Crippen molar-refractivity contribution in [3.63, 3.8) is 0 Å². The zero-order valence-corrected chi connectivity index (χ0v) is 13.1. The molecule has 0 aliphatic heterocycles. The molecule has 1 aromatic carbocycles. The number of nitrogens with zero attached hydrogens (tertiary/aromatic N) is 1. The molecule has 1 aliphatic carbocycles. The molecule has 0 spiro atoms. The normalized spacial score (nSPS) is 16.3. The van der Waals surface area contributed by atoms with Gasteiger partial charge in [0.1, 0.15) is 5.82 Å². The van der Waals surface area contributed by atoms with Crippen LogP contribution < -0.4 is 11.1 Å². The fourth-order valence-electron chi connectivity index (χ4n) is 2.98. The van der Waals surface area contributed by atoms with Gasteiger partial charge in [-0.15, -0.1) is 12.4 Å². The van der Waals surface area contributed by atoms with E-state index < -0.39 is 0 Å². The molecule has 1 atom stereocenters. The first-order chi connectivity index (χ1) is 10.2. The molecule has 0 saturated heterocycles. The zero-order valence-electron chi connectivity index (χ0n) is 12.3. The molecule has 0 saturated carbocycles. The van der Waals surface area contributed by atoms with Crippen LogP contribution in [0.1, 0.15) is 36.3 Å². The Morgan fingerprint density at radius 1 is 1.27 bits per heavy atom. The number of nitrogens with one attached hydrogen (secondary N) is 1. The average molecular weight is 318 g/mol. The van der Waals surface area contributed by atoms with Crippen LogP contribution in [0.4, 0.5) is 11.5 Å². The standard InChI is InChI=1S/C17H19N3O.ClH/c18-16-9-8-14(11-19-16)20-17(21)10-13-6-3-5-12-4-1-2-7-15(12)13;/h1-2,4,7-9,11,13H,3,5-6,10H2,(H2,18,19)(H,20,21);1H. The Hall–Kier alpha value is -2.07. The summed E-state index contributed by atoms with van der Waals surface area (Å²) in [7, 11) is 0. The highest BCUT2D eigenvalue weighted by atomic mass is 35.5. The summed E-state index contributed by atoms with van der Waals surface area (Å²) in [5.41, 5.74) is 8.94. The van der Waals surface area contributed by atoms with E-state index in [4.69, 9.17) is 5.73 Å². The maximum Gasteiger partial charge on any atom is 0.225 e. The number of nitrogen functional groups attached to an aromatic ring is 1. The lowest BCUT2D eigenvalue weighted by atomic mass is 9.81. The van der Waals surface area contributed by atoms with Gasteiger partial charge in [0.2, 0.25) is 5.91 Å². The fraction of sp³-hybridized carbons (Fsp3) is 0.294. The molecule has 2 aromatic rings. The van der Waals surface area contributed by atoms with Crippen molar-refractivity contribution in [3.8, 4) is 0 Å². The van der Waals surface area contributed by atoms with E-state index >= 15 is 0 Å². The van der Waals surface area contributed by atoms with E-state index in [-0.39, 0.29) is 18.3 Å². The summed E-state index contributed by atoms with van der Waals surface area (Å²) < 4.78 is 0. The number of hydrogen-bond donors (Lipinski definition) is 2. The topological polar surface area (TPSA) is 68.0 Å². The smallest absolute Gasteiger partial charge is 0.225 e. The molecular formula is C17H20ClN3O. The van der Waals surface area contributed by atoms with Crippen LogP contribution in [0.25, 0.3) is 0 Å². The van der Waals surface area contributed by atoms with E-state index in [1.165, 1.54) is 11.1 Å². The van der Waals surface area contributed by atoms with Gasteiger partial charge in [0.05, 0.1) is 11.9 Å². The van der Waals surface area contributed by atoms with Gasteiger partial charge in [-0.3, -0.25) is 4.79 Å². The highest BCUT2D eigenvalue weighted by molar-refractivity contribution is 5.91. The quantitative estimate of drug-likeness (QED) is 0.910. The average Bonchev–Trinajstić information content (AvgIpc) is 2.50. The van der Waals surface area contributed by atoms with Gasteiger partial charge in [-0.1, -0.05) is 24.3 Å². The van der Waals surface area contributed by atoms with Crippen LogP contribution in [0.15, 0.2) is 42.6 Å². The Morgan fingerprint density at radius 2 is 2.09 bits per heavy atom. The molecule has 1 aliphatic rings. The van der Waals surface area contributed by atoms with Crippen molar-refractivity contribution in [1.82, 2.24) is 4.98 Å². The van der Waals surface area contributed by atoms with Crippen LogP contribution in [0.2, 0.25) is 0 Å². The van der Waals surface area contributed by atoms with Crippen molar-refractivity contribution in [2.24, 2.45) is 0 Å². The number of carbonyl (C=O) groups is 1. The molecule has 3 rings (SSSR count). The summed E-state index contributed by atoms with van der Waals surface area (Å²) >= 11 is 0. The Labute approximate surface area is 136 Å². The largest absolute Gasteiger partial charge is 0.384 e. The Bertz CT molecular complexity index is 643. The third-order valence-electron chi connectivity index (χ3n) is 4.00. The molecule has 0 fully saturated rings. The molecule has 5 heteroatoms. The number of benzene rings is 1. The van der Waals surface area contributed by atoms with Gasteiger partial charge in [-0.25, -0.2) is 4.98 Å².